The topological polar surface area (TPSA) is 143 Å². The van der Waals surface area contributed by atoms with Crippen LogP contribution in [0.3, 0.4) is 0 Å². The van der Waals surface area contributed by atoms with E-state index in [0.717, 1.165) is 5.56 Å². The molecule has 0 aliphatic rings. The van der Waals surface area contributed by atoms with Crippen LogP contribution in [0.25, 0.3) is 11.5 Å². The summed E-state index contributed by atoms with van der Waals surface area (Å²) in [6.45, 7) is 1.73. The van der Waals surface area contributed by atoms with Crippen LogP contribution in [0.5, 0.6) is 11.6 Å². The van der Waals surface area contributed by atoms with Crippen molar-refractivity contribution in [3.63, 3.8) is 0 Å². The molecule has 0 fully saturated rings. The average Bonchev–Trinajstić information content (AvgIpc) is 3.31. The molecule has 2 atom stereocenters. The third-order valence-corrected chi connectivity index (χ3v) is 7.60. The van der Waals surface area contributed by atoms with Crippen LogP contribution < -0.4 is 14.2 Å². The first-order valence-corrected chi connectivity index (χ1v) is 13.3. The van der Waals surface area contributed by atoms with Gasteiger partial charge < -0.3 is 14.2 Å². The Hall–Kier alpha value is -3.81. The fourth-order valence-corrected chi connectivity index (χ4v) is 4.89. The lowest BCUT2D eigenvalue weighted by molar-refractivity contribution is 0.0950. The maximum atomic E-state index is 13.5. The molecule has 200 valence electrons. The highest BCUT2D eigenvalue weighted by Gasteiger charge is 2.34. The lowest BCUT2D eigenvalue weighted by atomic mass is 10.2. The van der Waals surface area contributed by atoms with Crippen molar-refractivity contribution in [2.45, 2.75) is 24.8 Å². The van der Waals surface area contributed by atoms with Gasteiger partial charge in [-0.15, -0.1) is 10.2 Å². The molecule has 38 heavy (non-hydrogen) atoms. The van der Waals surface area contributed by atoms with Crippen LogP contribution in [0.4, 0.5) is 5.95 Å². The molecule has 0 aliphatic heterocycles. The number of ether oxygens (including phenoxy) is 3. The van der Waals surface area contributed by atoms with Gasteiger partial charge in [0.25, 0.3) is 0 Å². The van der Waals surface area contributed by atoms with Gasteiger partial charge in [0.1, 0.15) is 22.8 Å². The highest BCUT2D eigenvalue weighted by Crippen LogP contribution is 2.27. The van der Waals surface area contributed by atoms with Gasteiger partial charge in [-0.05, 0) is 30.7 Å². The fourth-order valence-electron chi connectivity index (χ4n) is 3.64. The van der Waals surface area contributed by atoms with Crippen LogP contribution in [0.15, 0.2) is 54.9 Å². The van der Waals surface area contributed by atoms with E-state index in [1.54, 1.807) is 29.9 Å². The summed E-state index contributed by atoms with van der Waals surface area (Å²) in [7, 11) is 0.403. The molecule has 2 unspecified atom stereocenters. The second-order valence-corrected chi connectivity index (χ2v) is 10.6. The summed E-state index contributed by atoms with van der Waals surface area (Å²) >= 11 is 5.87. The number of methoxy groups -OCH3 is 3. The molecule has 3 aromatic heterocycles. The Balaban J connectivity index is 1.70. The van der Waals surface area contributed by atoms with Crippen molar-refractivity contribution in [1.29, 1.82) is 0 Å². The third kappa shape index (κ3) is 6.01. The number of sulfonamides is 1. The lowest BCUT2D eigenvalue weighted by Crippen LogP contribution is -2.33. The normalized spacial score (nSPS) is 13.1. The number of anilines is 1. The van der Waals surface area contributed by atoms with E-state index in [1.165, 1.54) is 33.5 Å². The molecule has 0 radical (unpaired) electrons. The minimum Gasteiger partial charge on any atom is -0.497 e. The standard InChI is InChI=1S/C24H26ClN7O5S/c1-15(21(37-4)22-26-12-17(25)13-27-22)38(33,34)31-24-30-29-23(19-6-5-7-20(28-19)36-3)32(24)14-16-8-10-18(35-2)11-9-16/h5-13,15,21H,14H2,1-4H3,(H,30,31). The van der Waals surface area contributed by atoms with Crippen LogP contribution in [-0.2, 0) is 21.3 Å². The van der Waals surface area contributed by atoms with Crippen molar-refractivity contribution in [3.05, 3.63) is 71.3 Å². The first-order chi connectivity index (χ1) is 18.2. The Morgan fingerprint density at radius 2 is 1.71 bits per heavy atom. The largest absolute Gasteiger partial charge is 0.497 e. The number of hydrogen-bond acceptors (Lipinski definition) is 10. The number of pyridine rings is 1. The summed E-state index contributed by atoms with van der Waals surface area (Å²) < 4.78 is 47.0. The smallest absolute Gasteiger partial charge is 0.240 e. The molecule has 4 aromatic rings. The number of nitrogens with zero attached hydrogens (tertiary/aromatic N) is 6. The summed E-state index contributed by atoms with van der Waals surface area (Å²) in [5.74, 6) is 1.59. The first-order valence-electron chi connectivity index (χ1n) is 11.3. The molecule has 0 saturated heterocycles. The quantitative estimate of drug-likeness (QED) is 0.290. The Morgan fingerprint density at radius 3 is 2.34 bits per heavy atom. The van der Waals surface area contributed by atoms with Crippen molar-refractivity contribution < 1.29 is 22.6 Å². The van der Waals surface area contributed by atoms with Gasteiger partial charge in [0.2, 0.25) is 21.9 Å². The molecule has 1 N–H and O–H groups in total. The Bertz CT molecular complexity index is 1480. The Labute approximate surface area is 225 Å². The molecule has 0 amide bonds. The number of halogens is 1. The number of nitrogens with one attached hydrogen (secondary N) is 1. The van der Waals surface area contributed by atoms with E-state index in [4.69, 9.17) is 25.8 Å². The van der Waals surface area contributed by atoms with Crippen LogP contribution in [0, 0.1) is 0 Å². The third-order valence-electron chi connectivity index (χ3n) is 5.71. The van der Waals surface area contributed by atoms with Crippen LogP contribution in [0.1, 0.15) is 24.4 Å². The maximum Gasteiger partial charge on any atom is 0.240 e. The highest BCUT2D eigenvalue weighted by molar-refractivity contribution is 7.93. The molecular formula is C24H26ClN7O5S. The molecule has 0 bridgehead atoms. The minimum absolute atomic E-state index is 0.000773. The summed E-state index contributed by atoms with van der Waals surface area (Å²) in [5.41, 5.74) is 1.31. The van der Waals surface area contributed by atoms with E-state index in [9.17, 15) is 8.42 Å². The first kappa shape index (κ1) is 27.2. The van der Waals surface area contributed by atoms with E-state index in [2.05, 4.69) is 29.9 Å². The van der Waals surface area contributed by atoms with Crippen molar-refractivity contribution in [1.82, 2.24) is 29.7 Å². The van der Waals surface area contributed by atoms with Gasteiger partial charge in [-0.1, -0.05) is 29.8 Å². The molecule has 4 rings (SSSR count). The molecule has 0 saturated carbocycles. The van der Waals surface area contributed by atoms with E-state index < -0.39 is 21.4 Å². The predicted molar refractivity (Wildman–Crippen MR) is 141 cm³/mol. The molecule has 1 aromatic carbocycles. The summed E-state index contributed by atoms with van der Waals surface area (Å²) in [6.07, 6.45) is 1.78. The van der Waals surface area contributed by atoms with Gasteiger partial charge in [-0.25, -0.2) is 23.4 Å². The monoisotopic (exact) mass is 559 g/mol. The molecule has 0 spiro atoms. The Morgan fingerprint density at radius 1 is 1.00 bits per heavy atom. The number of aromatic nitrogens is 6. The summed E-state index contributed by atoms with van der Waals surface area (Å²) in [4.78, 5) is 12.7. The van der Waals surface area contributed by atoms with Gasteiger partial charge in [0.05, 0.1) is 25.8 Å². The second-order valence-electron chi connectivity index (χ2n) is 8.11. The van der Waals surface area contributed by atoms with E-state index in [1.807, 2.05) is 24.3 Å². The van der Waals surface area contributed by atoms with E-state index in [-0.39, 0.29) is 18.3 Å². The van der Waals surface area contributed by atoms with Gasteiger partial charge in [0.15, 0.2) is 11.6 Å². The minimum atomic E-state index is -4.07. The Kier molecular flexibility index (Phi) is 8.39. The van der Waals surface area contributed by atoms with Crippen molar-refractivity contribution >= 4 is 27.6 Å². The van der Waals surface area contributed by atoms with Gasteiger partial charge in [0, 0.05) is 25.6 Å². The molecule has 12 nitrogen and oxygen atoms in total. The lowest BCUT2D eigenvalue weighted by Gasteiger charge is -2.22. The maximum absolute atomic E-state index is 13.5. The summed E-state index contributed by atoms with van der Waals surface area (Å²) in [5, 5.41) is 7.61. The van der Waals surface area contributed by atoms with Crippen molar-refractivity contribution in [2.75, 3.05) is 26.1 Å². The average molecular weight is 560 g/mol. The van der Waals surface area contributed by atoms with E-state index >= 15 is 0 Å². The second kappa shape index (κ2) is 11.7. The van der Waals surface area contributed by atoms with Crippen molar-refractivity contribution in [2.24, 2.45) is 0 Å². The number of benzene rings is 1. The SMILES string of the molecule is COc1ccc(Cn2c(NS(=O)(=O)C(C)C(OC)c3ncc(Cl)cn3)nnc2-c2cccc(OC)n2)cc1. The zero-order chi connectivity index (χ0) is 27.3. The molecule has 3 heterocycles. The fraction of sp³-hybridized carbons (Fsp3) is 0.292. The summed E-state index contributed by atoms with van der Waals surface area (Å²) in [6, 6.07) is 12.5. The van der Waals surface area contributed by atoms with Gasteiger partial charge >= 0.3 is 0 Å². The predicted octanol–water partition coefficient (Wildman–Crippen LogP) is 3.37. The van der Waals surface area contributed by atoms with Crippen LogP contribution in [0.2, 0.25) is 5.02 Å². The highest BCUT2D eigenvalue weighted by atomic mass is 35.5. The number of rotatable bonds is 11. The van der Waals surface area contributed by atoms with Gasteiger partial charge in [-0.2, -0.15) is 0 Å². The van der Waals surface area contributed by atoms with Gasteiger partial charge in [-0.3, -0.25) is 9.29 Å². The zero-order valence-electron chi connectivity index (χ0n) is 21.1. The number of hydrogen-bond donors (Lipinski definition) is 1. The van der Waals surface area contributed by atoms with Crippen LogP contribution in [-0.4, -0.2) is 64.7 Å². The van der Waals surface area contributed by atoms with Crippen LogP contribution >= 0.6 is 11.6 Å². The molecular weight excluding hydrogens is 534 g/mol. The van der Waals surface area contributed by atoms with Crippen molar-refractivity contribution in [3.8, 4) is 23.1 Å². The molecule has 14 heteroatoms. The van der Waals surface area contributed by atoms with E-state index in [0.29, 0.717) is 28.2 Å². The zero-order valence-corrected chi connectivity index (χ0v) is 22.6. The molecule has 0 aliphatic carbocycles.